The number of nitrogens with zero attached hydrogens (tertiary/aromatic N) is 1. The fraction of sp³-hybridized carbons (Fsp3) is 0.385. The number of likely N-dealkylation sites (tertiary alicyclic amines) is 1. The Kier molecular flexibility index (Phi) is 3.59. The molecule has 0 spiro atoms. The van der Waals surface area contributed by atoms with E-state index < -0.39 is 24.2 Å². The van der Waals surface area contributed by atoms with Gasteiger partial charge in [-0.1, -0.05) is 17.7 Å². The van der Waals surface area contributed by atoms with Crippen molar-refractivity contribution in [2.75, 3.05) is 6.54 Å². The van der Waals surface area contributed by atoms with Crippen LogP contribution in [-0.2, 0) is 4.79 Å². The summed E-state index contributed by atoms with van der Waals surface area (Å²) < 4.78 is 5.62. The molecular formula is C13H15NO5. The van der Waals surface area contributed by atoms with Crippen molar-refractivity contribution in [3.05, 3.63) is 29.8 Å². The molecule has 1 aromatic rings. The van der Waals surface area contributed by atoms with E-state index in [2.05, 4.69) is 0 Å². The highest BCUT2D eigenvalue weighted by Crippen LogP contribution is 2.23. The molecule has 1 heterocycles. The molecule has 1 fully saturated rings. The molecule has 0 saturated carbocycles. The van der Waals surface area contributed by atoms with Crippen molar-refractivity contribution < 1.29 is 24.5 Å². The standard InChI is InChI=1S/C13H15NO5/c1-8-2-4-9(5-3-8)19-10-6-11(12(15)16)14(7-10)13(17)18/h2-5,10-11H,6-7H2,1H3,(H,15,16)(H,17,18)/t10-,11+/m1/s1. The summed E-state index contributed by atoms with van der Waals surface area (Å²) in [6, 6.07) is 6.30. The first-order valence-corrected chi connectivity index (χ1v) is 5.93. The van der Waals surface area contributed by atoms with Crippen molar-refractivity contribution in [2.45, 2.75) is 25.5 Å². The summed E-state index contributed by atoms with van der Waals surface area (Å²) in [6.45, 7) is 2.02. The van der Waals surface area contributed by atoms with E-state index in [9.17, 15) is 9.59 Å². The van der Waals surface area contributed by atoms with Gasteiger partial charge in [-0.05, 0) is 19.1 Å². The minimum absolute atomic E-state index is 0.0696. The number of hydrogen-bond acceptors (Lipinski definition) is 3. The zero-order chi connectivity index (χ0) is 14.0. The van der Waals surface area contributed by atoms with Gasteiger partial charge in [-0.2, -0.15) is 0 Å². The van der Waals surface area contributed by atoms with Gasteiger partial charge >= 0.3 is 12.1 Å². The van der Waals surface area contributed by atoms with Crippen LogP contribution in [0.5, 0.6) is 5.75 Å². The highest BCUT2D eigenvalue weighted by molar-refractivity contribution is 5.80. The molecule has 0 aliphatic carbocycles. The Morgan fingerprint density at radius 1 is 1.26 bits per heavy atom. The van der Waals surface area contributed by atoms with Gasteiger partial charge in [-0.3, -0.25) is 4.90 Å². The molecule has 1 amide bonds. The first-order valence-electron chi connectivity index (χ1n) is 5.93. The smallest absolute Gasteiger partial charge is 0.408 e. The predicted octanol–water partition coefficient (Wildman–Crippen LogP) is 1.58. The number of aryl methyl sites for hydroxylation is 1. The van der Waals surface area contributed by atoms with Crippen molar-refractivity contribution in [3.8, 4) is 5.75 Å². The molecule has 0 aromatic heterocycles. The molecule has 0 radical (unpaired) electrons. The lowest BCUT2D eigenvalue weighted by Gasteiger charge is -2.16. The minimum atomic E-state index is -1.23. The van der Waals surface area contributed by atoms with Crippen molar-refractivity contribution in [3.63, 3.8) is 0 Å². The second-order valence-electron chi connectivity index (χ2n) is 4.58. The molecule has 1 saturated heterocycles. The lowest BCUT2D eigenvalue weighted by Crippen LogP contribution is -2.39. The average Bonchev–Trinajstić information content (AvgIpc) is 2.76. The Morgan fingerprint density at radius 2 is 1.89 bits per heavy atom. The first-order chi connectivity index (χ1) is 8.97. The summed E-state index contributed by atoms with van der Waals surface area (Å²) in [4.78, 5) is 22.9. The number of benzene rings is 1. The third kappa shape index (κ3) is 2.96. The van der Waals surface area contributed by atoms with Crippen LogP contribution in [0.3, 0.4) is 0 Å². The van der Waals surface area contributed by atoms with E-state index in [0.29, 0.717) is 5.75 Å². The van der Waals surface area contributed by atoms with Gasteiger partial charge in [-0.25, -0.2) is 9.59 Å². The topological polar surface area (TPSA) is 87.1 Å². The van der Waals surface area contributed by atoms with E-state index in [0.717, 1.165) is 10.5 Å². The van der Waals surface area contributed by atoms with Crippen molar-refractivity contribution >= 4 is 12.1 Å². The number of rotatable bonds is 3. The van der Waals surface area contributed by atoms with Gasteiger partial charge in [0, 0.05) is 6.42 Å². The SMILES string of the molecule is Cc1ccc(O[C@@H]2C[C@@H](C(=O)O)N(C(=O)O)C2)cc1. The lowest BCUT2D eigenvalue weighted by atomic mass is 10.2. The maximum absolute atomic E-state index is 11.0. The second-order valence-corrected chi connectivity index (χ2v) is 4.58. The molecule has 2 N–H and O–H groups in total. The zero-order valence-electron chi connectivity index (χ0n) is 10.4. The van der Waals surface area contributed by atoms with E-state index in [1.165, 1.54) is 0 Å². The van der Waals surface area contributed by atoms with Crippen LogP contribution in [0.1, 0.15) is 12.0 Å². The number of aliphatic carboxylic acids is 1. The summed E-state index contributed by atoms with van der Waals surface area (Å²) >= 11 is 0. The Bertz CT molecular complexity index is 462. The highest BCUT2D eigenvalue weighted by atomic mass is 16.5. The zero-order valence-corrected chi connectivity index (χ0v) is 10.4. The maximum Gasteiger partial charge on any atom is 0.408 e. The summed E-state index contributed by atoms with van der Waals surface area (Å²) in [5, 5.41) is 18.0. The lowest BCUT2D eigenvalue weighted by molar-refractivity contribution is -0.141. The van der Waals surface area contributed by atoms with Crippen molar-refractivity contribution in [2.24, 2.45) is 0 Å². The summed E-state index contributed by atoms with van der Waals surface area (Å²) in [6.07, 6.45) is -1.50. The van der Waals surface area contributed by atoms with Gasteiger partial charge in [0.2, 0.25) is 0 Å². The number of ether oxygens (including phenoxy) is 1. The summed E-state index contributed by atoms with van der Waals surface area (Å²) in [5.74, 6) is -0.524. The van der Waals surface area contributed by atoms with E-state index in [-0.39, 0.29) is 13.0 Å². The van der Waals surface area contributed by atoms with Crippen LogP contribution in [0.4, 0.5) is 4.79 Å². The van der Waals surface area contributed by atoms with Crippen molar-refractivity contribution in [1.82, 2.24) is 4.90 Å². The van der Waals surface area contributed by atoms with Crippen LogP contribution in [0.25, 0.3) is 0 Å². The fourth-order valence-corrected chi connectivity index (χ4v) is 2.14. The number of hydrogen-bond donors (Lipinski definition) is 2. The fourth-order valence-electron chi connectivity index (χ4n) is 2.14. The monoisotopic (exact) mass is 265 g/mol. The molecular weight excluding hydrogens is 250 g/mol. The molecule has 0 bridgehead atoms. The highest BCUT2D eigenvalue weighted by Gasteiger charge is 2.40. The number of amides is 1. The Balaban J connectivity index is 2.05. The first kappa shape index (κ1) is 13.2. The van der Waals surface area contributed by atoms with Crippen LogP contribution in [0.2, 0.25) is 0 Å². The molecule has 6 heteroatoms. The minimum Gasteiger partial charge on any atom is -0.488 e. The maximum atomic E-state index is 11.0. The van der Waals surface area contributed by atoms with Gasteiger partial charge < -0.3 is 14.9 Å². The van der Waals surface area contributed by atoms with E-state index >= 15 is 0 Å². The molecule has 6 nitrogen and oxygen atoms in total. The Morgan fingerprint density at radius 3 is 2.37 bits per heavy atom. The average molecular weight is 265 g/mol. The number of carbonyl (C=O) groups is 2. The molecule has 102 valence electrons. The van der Waals surface area contributed by atoms with Crippen LogP contribution < -0.4 is 4.74 Å². The van der Waals surface area contributed by atoms with Gasteiger partial charge in [-0.15, -0.1) is 0 Å². The molecule has 1 aliphatic rings. The molecule has 19 heavy (non-hydrogen) atoms. The van der Waals surface area contributed by atoms with Gasteiger partial charge in [0.05, 0.1) is 6.54 Å². The quantitative estimate of drug-likeness (QED) is 0.866. The third-order valence-electron chi connectivity index (χ3n) is 3.12. The van der Waals surface area contributed by atoms with Gasteiger partial charge in [0.25, 0.3) is 0 Å². The summed E-state index contributed by atoms with van der Waals surface area (Å²) in [7, 11) is 0. The number of carboxylic acids is 1. The Labute approximate surface area is 110 Å². The molecule has 2 atom stereocenters. The van der Waals surface area contributed by atoms with Crippen LogP contribution in [0.15, 0.2) is 24.3 Å². The Hall–Kier alpha value is -2.24. The number of carboxylic acid groups (broad SMARTS) is 2. The van der Waals surface area contributed by atoms with Gasteiger partial charge in [0.1, 0.15) is 17.9 Å². The van der Waals surface area contributed by atoms with E-state index in [1.54, 1.807) is 12.1 Å². The van der Waals surface area contributed by atoms with Crippen LogP contribution in [-0.4, -0.2) is 45.9 Å². The van der Waals surface area contributed by atoms with Gasteiger partial charge in [0.15, 0.2) is 0 Å². The molecule has 2 rings (SSSR count). The summed E-state index contributed by atoms with van der Waals surface area (Å²) in [5.41, 5.74) is 1.09. The van der Waals surface area contributed by atoms with Crippen molar-refractivity contribution in [1.29, 1.82) is 0 Å². The molecule has 1 aliphatic heterocycles. The predicted molar refractivity (Wildman–Crippen MR) is 66.4 cm³/mol. The van der Waals surface area contributed by atoms with Crippen LogP contribution >= 0.6 is 0 Å². The second kappa shape index (κ2) is 5.17. The van der Waals surface area contributed by atoms with Crippen LogP contribution in [0, 0.1) is 6.92 Å². The molecule has 0 unspecified atom stereocenters. The normalized spacial score (nSPS) is 22.3. The molecule has 1 aromatic carbocycles. The largest absolute Gasteiger partial charge is 0.488 e. The van der Waals surface area contributed by atoms with E-state index in [1.807, 2.05) is 19.1 Å². The van der Waals surface area contributed by atoms with E-state index in [4.69, 9.17) is 14.9 Å². The third-order valence-corrected chi connectivity index (χ3v) is 3.12.